The highest BCUT2D eigenvalue weighted by atomic mass is 32.1. The van der Waals surface area contributed by atoms with Crippen LogP contribution in [0.5, 0.6) is 0 Å². The van der Waals surface area contributed by atoms with Gasteiger partial charge in [-0.1, -0.05) is 0 Å². The number of rotatable bonds is 5. The van der Waals surface area contributed by atoms with E-state index in [1.165, 1.54) is 17.8 Å². The van der Waals surface area contributed by atoms with Crippen LogP contribution in [0.4, 0.5) is 9.93 Å². The molecule has 8 heteroatoms. The third-order valence-corrected chi connectivity index (χ3v) is 5.13. The summed E-state index contributed by atoms with van der Waals surface area (Å²) in [6, 6.07) is -1.04. The Morgan fingerprint density at radius 2 is 1.96 bits per heavy atom. The topological polar surface area (TPSA) is 91.8 Å². The number of hydrogen-bond acceptors (Lipinski definition) is 6. The van der Waals surface area contributed by atoms with Crippen molar-refractivity contribution in [1.29, 1.82) is 0 Å². The highest BCUT2D eigenvalue weighted by Crippen LogP contribution is 2.29. The second-order valence-electron chi connectivity index (χ2n) is 7.29. The van der Waals surface area contributed by atoms with E-state index in [0.717, 1.165) is 41.6 Å². The largest absolute Gasteiger partial charge is 0.480 e. The molecule has 2 rings (SSSR count). The Morgan fingerprint density at radius 1 is 1.32 bits per heavy atom. The maximum absolute atomic E-state index is 11.9. The van der Waals surface area contributed by atoms with Crippen molar-refractivity contribution in [3.8, 4) is 0 Å². The van der Waals surface area contributed by atoms with Gasteiger partial charge in [-0.2, -0.15) is 0 Å². The van der Waals surface area contributed by atoms with Crippen LogP contribution < -0.4 is 10.2 Å². The first kappa shape index (κ1) is 19.5. The van der Waals surface area contributed by atoms with Crippen molar-refractivity contribution in [3.63, 3.8) is 0 Å². The van der Waals surface area contributed by atoms with Crippen LogP contribution in [0.25, 0.3) is 0 Å². The number of aromatic nitrogens is 1. The lowest BCUT2D eigenvalue weighted by Crippen LogP contribution is -2.44. The standard InChI is InChI=1S/C17H27N3O4S/c1-11-13(25-15(18-11)20-8-6-5-7-9-20)10-12(14(21)22)19-16(23)24-17(2,3)4/h12H,5-10H2,1-4H3,(H,19,23)(H,21,22). The van der Waals surface area contributed by atoms with Gasteiger partial charge in [0.1, 0.15) is 11.6 Å². The Labute approximate surface area is 152 Å². The van der Waals surface area contributed by atoms with Crippen molar-refractivity contribution in [2.45, 2.75) is 65.0 Å². The number of thiazole rings is 1. The molecule has 0 spiro atoms. The number of nitrogens with one attached hydrogen (secondary N) is 1. The third-order valence-electron chi connectivity index (χ3n) is 3.89. The monoisotopic (exact) mass is 369 g/mol. The van der Waals surface area contributed by atoms with Gasteiger partial charge in [0.05, 0.1) is 5.69 Å². The number of amides is 1. The Hall–Kier alpha value is -1.83. The summed E-state index contributed by atoms with van der Waals surface area (Å²) in [5.74, 6) is -1.09. The van der Waals surface area contributed by atoms with E-state index in [9.17, 15) is 14.7 Å². The van der Waals surface area contributed by atoms with E-state index >= 15 is 0 Å². The number of carbonyl (C=O) groups is 2. The van der Waals surface area contributed by atoms with E-state index in [-0.39, 0.29) is 6.42 Å². The zero-order valence-electron chi connectivity index (χ0n) is 15.3. The van der Waals surface area contributed by atoms with Gasteiger partial charge in [-0.25, -0.2) is 14.6 Å². The number of alkyl carbamates (subject to hydrolysis) is 1. The molecule has 0 bridgehead atoms. The Kier molecular flexibility index (Phi) is 6.26. The molecule has 140 valence electrons. The van der Waals surface area contributed by atoms with Crippen molar-refractivity contribution in [2.24, 2.45) is 0 Å². The molecule has 0 saturated carbocycles. The number of aliphatic carboxylic acids is 1. The van der Waals surface area contributed by atoms with Crippen molar-refractivity contribution >= 4 is 28.5 Å². The zero-order valence-corrected chi connectivity index (χ0v) is 16.1. The molecule has 0 aliphatic carbocycles. The summed E-state index contributed by atoms with van der Waals surface area (Å²) in [6.07, 6.45) is 3.04. The molecule has 1 aliphatic heterocycles. The second kappa shape index (κ2) is 8.03. The maximum Gasteiger partial charge on any atom is 0.408 e. The molecule has 1 fully saturated rings. The van der Waals surface area contributed by atoms with Gasteiger partial charge in [0.15, 0.2) is 5.13 Å². The van der Waals surface area contributed by atoms with Crippen LogP contribution in [-0.2, 0) is 16.0 Å². The van der Waals surface area contributed by atoms with E-state index in [4.69, 9.17) is 4.74 Å². The first-order chi connectivity index (χ1) is 11.7. The minimum atomic E-state index is -1.09. The summed E-state index contributed by atoms with van der Waals surface area (Å²) in [5.41, 5.74) is 0.150. The maximum atomic E-state index is 11.9. The van der Waals surface area contributed by atoms with Crippen molar-refractivity contribution in [2.75, 3.05) is 18.0 Å². The summed E-state index contributed by atoms with van der Waals surface area (Å²) < 4.78 is 5.15. The molecule has 1 aromatic rings. The van der Waals surface area contributed by atoms with Gasteiger partial charge in [0.2, 0.25) is 0 Å². The molecule has 2 N–H and O–H groups in total. The molecule has 1 atom stereocenters. The molecule has 0 radical (unpaired) electrons. The molecule has 0 aromatic carbocycles. The fourth-order valence-corrected chi connectivity index (χ4v) is 3.82. The lowest BCUT2D eigenvalue weighted by molar-refractivity contribution is -0.139. The van der Waals surface area contributed by atoms with E-state index in [0.29, 0.717) is 0 Å². The van der Waals surface area contributed by atoms with Crippen molar-refractivity contribution in [3.05, 3.63) is 10.6 Å². The van der Waals surface area contributed by atoms with Crippen molar-refractivity contribution < 1.29 is 19.4 Å². The fourth-order valence-electron chi connectivity index (χ4n) is 2.66. The zero-order chi connectivity index (χ0) is 18.6. The van der Waals surface area contributed by atoms with Crippen LogP contribution >= 0.6 is 11.3 Å². The van der Waals surface area contributed by atoms with Crippen LogP contribution in [-0.4, -0.2) is 46.9 Å². The number of piperidine rings is 1. The van der Waals surface area contributed by atoms with Crippen LogP contribution in [0, 0.1) is 6.92 Å². The lowest BCUT2D eigenvalue weighted by atomic mass is 10.1. The molecule has 1 aliphatic rings. The minimum Gasteiger partial charge on any atom is -0.480 e. The number of carboxylic acid groups (broad SMARTS) is 1. The number of hydrogen-bond donors (Lipinski definition) is 2. The fraction of sp³-hybridized carbons (Fsp3) is 0.706. The van der Waals surface area contributed by atoms with Gasteiger partial charge in [0, 0.05) is 24.4 Å². The SMILES string of the molecule is Cc1nc(N2CCCCC2)sc1CC(NC(=O)OC(C)(C)C)C(=O)O. The minimum absolute atomic E-state index is 0.200. The molecule has 25 heavy (non-hydrogen) atoms. The van der Waals surface area contributed by atoms with Gasteiger partial charge >= 0.3 is 12.1 Å². The van der Waals surface area contributed by atoms with E-state index in [1.807, 2.05) is 6.92 Å². The number of carbonyl (C=O) groups excluding carboxylic acids is 1. The van der Waals surface area contributed by atoms with E-state index < -0.39 is 23.7 Å². The highest BCUT2D eigenvalue weighted by molar-refractivity contribution is 7.15. The summed E-state index contributed by atoms with van der Waals surface area (Å²) in [7, 11) is 0. The van der Waals surface area contributed by atoms with Crippen LogP contribution in [0.3, 0.4) is 0 Å². The first-order valence-electron chi connectivity index (χ1n) is 8.59. The number of anilines is 1. The molecule has 1 saturated heterocycles. The summed E-state index contributed by atoms with van der Waals surface area (Å²) >= 11 is 1.51. The van der Waals surface area contributed by atoms with Gasteiger partial charge < -0.3 is 20.1 Å². The average Bonchev–Trinajstić information content (AvgIpc) is 2.86. The molecular weight excluding hydrogens is 342 g/mol. The van der Waals surface area contributed by atoms with Crippen LogP contribution in [0.2, 0.25) is 0 Å². The summed E-state index contributed by atoms with van der Waals surface area (Å²) in [4.78, 5) is 31.1. The number of nitrogens with zero attached hydrogens (tertiary/aromatic N) is 2. The predicted octanol–water partition coefficient (Wildman–Crippen LogP) is 2.96. The smallest absolute Gasteiger partial charge is 0.408 e. The molecule has 1 aromatic heterocycles. The molecule has 1 unspecified atom stereocenters. The molecular formula is C17H27N3O4S. The predicted molar refractivity (Wildman–Crippen MR) is 97.4 cm³/mol. The van der Waals surface area contributed by atoms with E-state index in [1.54, 1.807) is 20.8 Å². The van der Waals surface area contributed by atoms with Gasteiger partial charge in [-0.05, 0) is 47.0 Å². The lowest BCUT2D eigenvalue weighted by Gasteiger charge is -2.25. The Morgan fingerprint density at radius 3 is 2.52 bits per heavy atom. The van der Waals surface area contributed by atoms with Gasteiger partial charge in [0.25, 0.3) is 0 Å². The third kappa shape index (κ3) is 5.88. The highest BCUT2D eigenvalue weighted by Gasteiger charge is 2.26. The van der Waals surface area contributed by atoms with Crippen LogP contribution in [0.1, 0.15) is 50.6 Å². The normalized spacial score (nSPS) is 16.4. The quantitative estimate of drug-likeness (QED) is 0.829. The van der Waals surface area contributed by atoms with Gasteiger partial charge in [-0.3, -0.25) is 0 Å². The number of ether oxygens (including phenoxy) is 1. The number of aryl methyl sites for hydroxylation is 1. The molecule has 1 amide bonds. The second-order valence-corrected chi connectivity index (χ2v) is 8.36. The van der Waals surface area contributed by atoms with Gasteiger partial charge in [-0.15, -0.1) is 11.3 Å². The average molecular weight is 369 g/mol. The Balaban J connectivity index is 2.05. The van der Waals surface area contributed by atoms with E-state index in [2.05, 4.69) is 15.2 Å². The Bertz CT molecular complexity index is 618. The van der Waals surface area contributed by atoms with Crippen LogP contribution in [0.15, 0.2) is 0 Å². The number of carboxylic acids is 1. The molecule has 7 nitrogen and oxygen atoms in total. The summed E-state index contributed by atoms with van der Waals surface area (Å²) in [5, 5.41) is 12.8. The van der Waals surface area contributed by atoms with Crippen molar-refractivity contribution in [1.82, 2.24) is 10.3 Å². The summed E-state index contributed by atoms with van der Waals surface area (Å²) in [6.45, 7) is 9.07. The first-order valence-corrected chi connectivity index (χ1v) is 9.41. The molecule has 2 heterocycles.